The smallest absolute Gasteiger partial charge is 0.352 e. The molecule has 1 fully saturated rings. The van der Waals surface area contributed by atoms with E-state index in [0.717, 1.165) is 16.9 Å². The Morgan fingerprint density at radius 3 is 2.92 bits per heavy atom. The zero-order valence-electron chi connectivity index (χ0n) is 18.6. The van der Waals surface area contributed by atoms with Crippen molar-refractivity contribution in [2.45, 2.75) is 18.0 Å². The van der Waals surface area contributed by atoms with Gasteiger partial charge in [0.15, 0.2) is 16.4 Å². The minimum absolute atomic E-state index is 0.0313. The fraction of sp³-hybridized carbons (Fsp3) is 0.238. The number of carbonyl (C=O) groups excluding carboxylic acids is 2. The highest BCUT2D eigenvalue weighted by Crippen LogP contribution is 2.40. The van der Waals surface area contributed by atoms with E-state index < -0.39 is 29.2 Å². The summed E-state index contributed by atoms with van der Waals surface area (Å²) in [4.78, 5) is 48.1. The number of anilines is 1. The predicted octanol–water partition coefficient (Wildman–Crippen LogP) is 0.708. The number of thiazole rings is 1. The molecule has 15 heteroatoms. The number of oxime groups is 1. The summed E-state index contributed by atoms with van der Waals surface area (Å²) in [5.41, 5.74) is 6.93. The van der Waals surface area contributed by atoms with E-state index in [0.29, 0.717) is 17.9 Å². The highest BCUT2D eigenvalue weighted by atomic mass is 35.5. The topological polar surface area (TPSA) is 156 Å². The Balaban J connectivity index is 1.36. The largest absolute Gasteiger partial charge is 0.477 e. The summed E-state index contributed by atoms with van der Waals surface area (Å²) in [6.07, 6.45) is 5.65. The number of nitrogen functional groups attached to an aromatic ring is 1. The third-order valence-electron chi connectivity index (χ3n) is 5.63. The van der Waals surface area contributed by atoms with Crippen LogP contribution >= 0.6 is 34.7 Å². The maximum atomic E-state index is 13.0. The van der Waals surface area contributed by atoms with E-state index in [9.17, 15) is 19.5 Å². The number of aromatic nitrogens is 3. The van der Waals surface area contributed by atoms with Crippen LogP contribution in [-0.4, -0.2) is 67.2 Å². The number of thioether (sulfide) groups is 1. The van der Waals surface area contributed by atoms with Crippen molar-refractivity contribution in [2.24, 2.45) is 5.16 Å². The fourth-order valence-corrected chi connectivity index (χ4v) is 6.38. The third-order valence-corrected chi connectivity index (χ3v) is 8.05. The lowest BCUT2D eigenvalue weighted by Gasteiger charge is -2.49. The van der Waals surface area contributed by atoms with Crippen molar-refractivity contribution >= 4 is 68.8 Å². The molecule has 4 N–H and O–H groups in total. The molecule has 0 radical (unpaired) electrons. The molecule has 5 rings (SSSR count). The summed E-state index contributed by atoms with van der Waals surface area (Å²) in [5, 5.41) is 15.8. The molecule has 12 nitrogen and oxygen atoms in total. The Kier molecular flexibility index (Phi) is 6.32. The zero-order valence-corrected chi connectivity index (χ0v) is 21.0. The van der Waals surface area contributed by atoms with Gasteiger partial charge in [-0.25, -0.2) is 18.7 Å². The number of carbonyl (C=O) groups is 3. The van der Waals surface area contributed by atoms with Crippen molar-refractivity contribution in [1.29, 1.82) is 0 Å². The average molecular weight is 549 g/mol. The summed E-state index contributed by atoms with van der Waals surface area (Å²) in [6.45, 7) is 0.304. The van der Waals surface area contributed by atoms with Gasteiger partial charge in [0.2, 0.25) is 6.33 Å². The second kappa shape index (κ2) is 9.44. The molecule has 0 saturated carbocycles. The molecule has 0 spiro atoms. The van der Waals surface area contributed by atoms with Gasteiger partial charge in [0, 0.05) is 11.3 Å². The molecule has 0 aliphatic carbocycles. The zero-order chi connectivity index (χ0) is 25.6. The first-order valence-electron chi connectivity index (χ1n) is 10.5. The monoisotopic (exact) mass is 548 g/mol. The van der Waals surface area contributed by atoms with Crippen LogP contribution in [0.2, 0.25) is 4.34 Å². The minimum Gasteiger partial charge on any atom is -0.477 e. The molecule has 36 heavy (non-hydrogen) atoms. The molecule has 0 aromatic carbocycles. The number of halogens is 1. The molecule has 5 heterocycles. The number of nitrogens with one attached hydrogen (secondary N) is 1. The molecule has 2 amide bonds. The number of nitrogens with two attached hydrogens (primary N) is 1. The highest BCUT2D eigenvalue weighted by Gasteiger charge is 2.54. The van der Waals surface area contributed by atoms with E-state index in [1.165, 1.54) is 23.8 Å². The van der Waals surface area contributed by atoms with Crippen molar-refractivity contribution in [3.63, 3.8) is 0 Å². The number of amides is 2. The van der Waals surface area contributed by atoms with Crippen LogP contribution in [0, 0.1) is 0 Å². The van der Waals surface area contributed by atoms with Crippen LogP contribution in [0.3, 0.4) is 0 Å². The van der Waals surface area contributed by atoms with Crippen LogP contribution in [0.5, 0.6) is 0 Å². The Labute approximate surface area is 217 Å². The molecule has 2 unspecified atom stereocenters. The minimum atomic E-state index is -1.20. The second-order valence-corrected chi connectivity index (χ2v) is 10.6. The van der Waals surface area contributed by atoms with Gasteiger partial charge in [0.25, 0.3) is 11.8 Å². The van der Waals surface area contributed by atoms with E-state index in [2.05, 4.69) is 15.5 Å². The molecule has 0 bridgehead atoms. The van der Waals surface area contributed by atoms with Crippen molar-refractivity contribution in [3.05, 3.63) is 58.2 Å². The molecule has 3 aromatic rings. The summed E-state index contributed by atoms with van der Waals surface area (Å²) in [6, 6.07) is 4.79. The van der Waals surface area contributed by atoms with Gasteiger partial charge >= 0.3 is 5.97 Å². The van der Waals surface area contributed by atoms with E-state index >= 15 is 0 Å². The van der Waals surface area contributed by atoms with E-state index in [-0.39, 0.29) is 26.6 Å². The number of fused-ring (bicyclic) bond motifs is 2. The van der Waals surface area contributed by atoms with Crippen molar-refractivity contribution in [1.82, 2.24) is 19.6 Å². The van der Waals surface area contributed by atoms with Crippen LogP contribution in [-0.2, 0) is 25.8 Å². The molecule has 1 saturated heterocycles. The quantitative estimate of drug-likeness (QED) is 0.169. The average Bonchev–Trinajstić information content (AvgIpc) is 3.41. The van der Waals surface area contributed by atoms with E-state index in [1.807, 2.05) is 45.9 Å². The summed E-state index contributed by atoms with van der Waals surface area (Å²) < 4.78 is 3.93. The van der Waals surface area contributed by atoms with Gasteiger partial charge in [-0.3, -0.25) is 14.5 Å². The summed E-state index contributed by atoms with van der Waals surface area (Å²) in [7, 11) is 1.25. The lowest BCUT2D eigenvalue weighted by molar-refractivity contribution is -0.687. The fourth-order valence-electron chi connectivity index (χ4n) is 4.11. The van der Waals surface area contributed by atoms with Gasteiger partial charge in [0.05, 0.1) is 6.20 Å². The second-order valence-electron chi connectivity index (χ2n) is 7.86. The van der Waals surface area contributed by atoms with E-state index in [1.54, 1.807) is 0 Å². The number of pyridine rings is 1. The van der Waals surface area contributed by atoms with Crippen LogP contribution < -0.4 is 15.6 Å². The Bertz CT molecular complexity index is 1430. The van der Waals surface area contributed by atoms with Crippen LogP contribution in [0.4, 0.5) is 5.13 Å². The van der Waals surface area contributed by atoms with Crippen molar-refractivity contribution in [2.75, 3.05) is 18.6 Å². The number of carboxylic acids is 1. The maximum Gasteiger partial charge on any atom is 0.352 e. The molecule has 3 aromatic heterocycles. The number of carboxylic acid groups (broad SMARTS) is 1. The molecular weight excluding hydrogens is 530 g/mol. The first kappa shape index (κ1) is 24.1. The molecule has 2 aliphatic heterocycles. The number of hydrogen-bond donors (Lipinski definition) is 3. The number of β-lactam (4-membered cyclic amide) rings is 1. The van der Waals surface area contributed by atoms with Crippen LogP contribution in [0.15, 0.2) is 53.3 Å². The Morgan fingerprint density at radius 1 is 1.44 bits per heavy atom. The first-order valence-corrected chi connectivity index (χ1v) is 12.7. The highest BCUT2D eigenvalue weighted by molar-refractivity contribution is 8.00. The van der Waals surface area contributed by atoms with Crippen LogP contribution in [0.25, 0.3) is 5.52 Å². The number of hydrogen-bond acceptors (Lipinski definition) is 9. The van der Waals surface area contributed by atoms with Crippen molar-refractivity contribution < 1.29 is 28.9 Å². The van der Waals surface area contributed by atoms with Gasteiger partial charge in [-0.1, -0.05) is 34.2 Å². The maximum absolute atomic E-state index is 13.0. The molecule has 2 aliphatic rings. The summed E-state index contributed by atoms with van der Waals surface area (Å²) in [5.74, 6) is -2.12. The Hall–Kier alpha value is -3.62. The molecule has 2 atom stereocenters. The molecular formula is C21H19ClN7O5S2+. The number of nitrogens with zero attached hydrogens (tertiary/aromatic N) is 5. The van der Waals surface area contributed by atoms with Gasteiger partial charge < -0.3 is 21.0 Å². The standard InChI is InChI=1S/C21H18ClN7O5S2/c1-34-26-13(12-16(22)36-21(23)25-12)17(30)24-14-18(31)29-15(20(32)33)10(8-35-19(14)29)6-27-7-11-4-2-3-5-28(11)9-27/h2-5,7,9,14,19H,6,8H2,1H3,(H3-,23,24,25,30,32,33)/p+1/b26-13+. The lowest BCUT2D eigenvalue weighted by Crippen LogP contribution is -2.71. The van der Waals surface area contributed by atoms with Crippen molar-refractivity contribution in [3.8, 4) is 0 Å². The SMILES string of the molecule is CO/N=C(/C(=O)NC1C(=O)N2C(C(=O)O)=C(C[n+]3cc4ccccn4c3)CSC12)c1nc(N)sc1Cl. The normalized spacial score (nSPS) is 19.8. The number of rotatable bonds is 7. The van der Waals surface area contributed by atoms with Gasteiger partial charge in [0.1, 0.15) is 47.0 Å². The lowest BCUT2D eigenvalue weighted by atomic mass is 10.0. The van der Waals surface area contributed by atoms with Crippen LogP contribution in [0.1, 0.15) is 5.69 Å². The van der Waals surface area contributed by atoms with Gasteiger partial charge in [-0.05, 0) is 12.1 Å². The molecule has 186 valence electrons. The van der Waals surface area contributed by atoms with Gasteiger partial charge in [-0.15, -0.1) is 11.8 Å². The Morgan fingerprint density at radius 2 is 2.25 bits per heavy atom. The van der Waals surface area contributed by atoms with Gasteiger partial charge in [-0.2, -0.15) is 0 Å². The third kappa shape index (κ3) is 4.16. The summed E-state index contributed by atoms with van der Waals surface area (Å²) >= 11 is 8.45. The predicted molar refractivity (Wildman–Crippen MR) is 132 cm³/mol. The number of imidazole rings is 1. The number of aliphatic carboxylic acids is 1. The van der Waals surface area contributed by atoms with E-state index in [4.69, 9.17) is 22.2 Å². The first-order chi connectivity index (χ1) is 17.3.